The van der Waals surface area contributed by atoms with Crippen LogP contribution in [0.25, 0.3) is 0 Å². The maximum absolute atomic E-state index is 12.7. The Hall–Kier alpha value is -1.79. The Bertz CT molecular complexity index is 626. The number of nitrogens with zero attached hydrogens (tertiary/aromatic N) is 2. The molecule has 1 heterocycles. The van der Waals surface area contributed by atoms with Gasteiger partial charge in [-0.3, -0.25) is 14.5 Å². The lowest BCUT2D eigenvalue weighted by molar-refractivity contribution is -0.122. The maximum Gasteiger partial charge on any atom is 0.257 e. The molecule has 1 aromatic carbocycles. The molecule has 0 atom stereocenters. The van der Waals surface area contributed by atoms with E-state index in [1.807, 2.05) is 0 Å². The normalized spacial score (nSPS) is 18.3. The number of amides is 2. The van der Waals surface area contributed by atoms with Gasteiger partial charge >= 0.3 is 0 Å². The summed E-state index contributed by atoms with van der Waals surface area (Å²) in [7, 11) is 1.53. The minimum Gasteiger partial charge on any atom is -0.496 e. The van der Waals surface area contributed by atoms with E-state index in [1.165, 1.54) is 7.11 Å². The second kappa shape index (κ2) is 7.40. The van der Waals surface area contributed by atoms with Crippen LogP contribution in [0, 0.1) is 0 Å². The number of carbonyl (C=O) groups is 2. The number of hydrogen-bond acceptors (Lipinski definition) is 4. The van der Waals surface area contributed by atoms with Gasteiger partial charge in [0, 0.05) is 37.2 Å². The first kappa shape index (κ1) is 17.0. The summed E-state index contributed by atoms with van der Waals surface area (Å²) < 4.78 is 5.26. The fourth-order valence-electron chi connectivity index (χ4n) is 2.83. The highest BCUT2D eigenvalue weighted by atomic mass is 35.5. The summed E-state index contributed by atoms with van der Waals surface area (Å²) in [4.78, 5) is 28.4. The van der Waals surface area contributed by atoms with Gasteiger partial charge in [-0.05, 0) is 31.0 Å². The third-order valence-corrected chi connectivity index (χ3v) is 4.60. The molecule has 1 aliphatic carbocycles. The van der Waals surface area contributed by atoms with Gasteiger partial charge < -0.3 is 15.0 Å². The number of methoxy groups -OCH3 is 1. The number of rotatable bonds is 5. The van der Waals surface area contributed by atoms with Gasteiger partial charge in [0.05, 0.1) is 19.2 Å². The lowest BCUT2D eigenvalue weighted by Crippen LogP contribution is -2.51. The minimum absolute atomic E-state index is 0.0643. The van der Waals surface area contributed by atoms with E-state index in [0.29, 0.717) is 55.1 Å². The molecule has 1 saturated heterocycles. The highest BCUT2D eigenvalue weighted by Crippen LogP contribution is 2.25. The van der Waals surface area contributed by atoms with Crippen molar-refractivity contribution in [1.29, 1.82) is 0 Å². The summed E-state index contributed by atoms with van der Waals surface area (Å²) in [6.45, 7) is 2.99. The van der Waals surface area contributed by atoms with Gasteiger partial charge in [-0.1, -0.05) is 11.6 Å². The molecule has 6 nitrogen and oxygen atoms in total. The molecule has 3 rings (SSSR count). The van der Waals surface area contributed by atoms with Crippen molar-refractivity contribution in [3.63, 3.8) is 0 Å². The van der Waals surface area contributed by atoms with Crippen LogP contribution < -0.4 is 10.1 Å². The first-order valence-corrected chi connectivity index (χ1v) is 8.59. The van der Waals surface area contributed by atoms with E-state index in [9.17, 15) is 9.59 Å². The van der Waals surface area contributed by atoms with Gasteiger partial charge in [0.1, 0.15) is 5.75 Å². The zero-order valence-corrected chi connectivity index (χ0v) is 14.5. The van der Waals surface area contributed by atoms with Crippen molar-refractivity contribution in [2.24, 2.45) is 0 Å². The Kier molecular flexibility index (Phi) is 5.26. The molecule has 1 N–H and O–H groups in total. The summed E-state index contributed by atoms with van der Waals surface area (Å²) in [5.74, 6) is 0.501. The van der Waals surface area contributed by atoms with Crippen LogP contribution in [0.15, 0.2) is 18.2 Å². The monoisotopic (exact) mass is 351 g/mol. The van der Waals surface area contributed by atoms with Crippen LogP contribution in [0.4, 0.5) is 0 Å². The van der Waals surface area contributed by atoms with E-state index in [0.717, 1.165) is 12.8 Å². The zero-order chi connectivity index (χ0) is 17.1. The maximum atomic E-state index is 12.7. The molecular formula is C17H22ClN3O3. The number of halogens is 1. The molecule has 1 saturated carbocycles. The smallest absolute Gasteiger partial charge is 0.257 e. The average molecular weight is 352 g/mol. The Morgan fingerprint density at radius 3 is 2.58 bits per heavy atom. The van der Waals surface area contributed by atoms with Crippen molar-refractivity contribution in [1.82, 2.24) is 15.1 Å². The Balaban J connectivity index is 1.54. The van der Waals surface area contributed by atoms with E-state index >= 15 is 0 Å². The van der Waals surface area contributed by atoms with Gasteiger partial charge in [-0.25, -0.2) is 0 Å². The van der Waals surface area contributed by atoms with Gasteiger partial charge in [-0.15, -0.1) is 0 Å². The number of piperazine rings is 1. The van der Waals surface area contributed by atoms with Crippen LogP contribution in [0.1, 0.15) is 23.2 Å². The summed E-state index contributed by atoms with van der Waals surface area (Å²) in [5.41, 5.74) is 0.516. The number of nitrogens with one attached hydrogen (secondary N) is 1. The number of ether oxygens (including phenoxy) is 1. The van der Waals surface area contributed by atoms with Crippen molar-refractivity contribution in [3.05, 3.63) is 28.8 Å². The van der Waals surface area contributed by atoms with Gasteiger partial charge in [-0.2, -0.15) is 0 Å². The first-order valence-electron chi connectivity index (χ1n) is 8.21. The highest BCUT2D eigenvalue weighted by Gasteiger charge is 2.27. The second-order valence-corrected chi connectivity index (χ2v) is 6.69. The predicted molar refractivity (Wildman–Crippen MR) is 91.5 cm³/mol. The fourth-order valence-corrected chi connectivity index (χ4v) is 2.99. The quantitative estimate of drug-likeness (QED) is 0.870. The number of carbonyl (C=O) groups excluding carboxylic acids is 2. The molecule has 7 heteroatoms. The third-order valence-electron chi connectivity index (χ3n) is 4.36. The standard InChI is InChI=1S/C17H22ClN3O3/c1-24-15-10-12(18)2-5-14(15)17(23)21-8-6-20(7-9-21)11-16(22)19-13-3-4-13/h2,5,10,13H,3-4,6-9,11H2,1H3,(H,19,22). The molecular weight excluding hydrogens is 330 g/mol. The molecule has 1 aliphatic heterocycles. The molecule has 2 amide bonds. The van der Waals surface area contributed by atoms with Crippen molar-refractivity contribution in [3.8, 4) is 5.75 Å². The van der Waals surface area contributed by atoms with E-state index in [1.54, 1.807) is 23.1 Å². The van der Waals surface area contributed by atoms with Crippen molar-refractivity contribution in [2.75, 3.05) is 39.8 Å². The van der Waals surface area contributed by atoms with Crippen LogP contribution in [0.5, 0.6) is 5.75 Å². The Morgan fingerprint density at radius 1 is 1.25 bits per heavy atom. The van der Waals surface area contributed by atoms with Gasteiger partial charge in [0.25, 0.3) is 5.91 Å². The molecule has 0 bridgehead atoms. The predicted octanol–water partition coefficient (Wildman–Crippen LogP) is 1.39. The van der Waals surface area contributed by atoms with Crippen molar-refractivity contribution < 1.29 is 14.3 Å². The van der Waals surface area contributed by atoms with Crippen LogP contribution >= 0.6 is 11.6 Å². The van der Waals surface area contributed by atoms with E-state index < -0.39 is 0 Å². The van der Waals surface area contributed by atoms with Crippen molar-refractivity contribution in [2.45, 2.75) is 18.9 Å². The first-order chi connectivity index (χ1) is 11.6. The van der Waals surface area contributed by atoms with Crippen LogP contribution in [-0.2, 0) is 4.79 Å². The second-order valence-electron chi connectivity index (χ2n) is 6.25. The molecule has 2 aliphatic rings. The molecule has 130 valence electrons. The summed E-state index contributed by atoms with van der Waals surface area (Å²) >= 11 is 5.94. The highest BCUT2D eigenvalue weighted by molar-refractivity contribution is 6.30. The molecule has 0 radical (unpaired) electrons. The van der Waals surface area contributed by atoms with Crippen molar-refractivity contribution >= 4 is 23.4 Å². The fraction of sp³-hybridized carbons (Fsp3) is 0.529. The third kappa shape index (κ3) is 4.19. The van der Waals surface area contributed by atoms with E-state index in [4.69, 9.17) is 16.3 Å². The number of hydrogen-bond donors (Lipinski definition) is 1. The summed E-state index contributed by atoms with van der Waals surface area (Å²) in [5, 5.41) is 3.53. The molecule has 0 unspecified atom stereocenters. The van der Waals surface area contributed by atoms with Crippen LogP contribution in [0.2, 0.25) is 5.02 Å². The molecule has 24 heavy (non-hydrogen) atoms. The van der Waals surface area contributed by atoms with Crippen LogP contribution in [-0.4, -0.2) is 67.5 Å². The lowest BCUT2D eigenvalue weighted by atomic mass is 10.1. The summed E-state index contributed by atoms with van der Waals surface area (Å²) in [6.07, 6.45) is 2.19. The largest absolute Gasteiger partial charge is 0.496 e. The molecule has 0 spiro atoms. The SMILES string of the molecule is COc1cc(Cl)ccc1C(=O)N1CCN(CC(=O)NC2CC2)CC1. The Labute approximate surface area is 146 Å². The van der Waals surface area contributed by atoms with Gasteiger partial charge in [0.2, 0.25) is 5.91 Å². The molecule has 0 aromatic heterocycles. The number of benzene rings is 1. The average Bonchev–Trinajstić information content (AvgIpc) is 3.38. The van der Waals surface area contributed by atoms with Gasteiger partial charge in [0.15, 0.2) is 0 Å². The zero-order valence-electron chi connectivity index (χ0n) is 13.8. The topological polar surface area (TPSA) is 61.9 Å². The molecule has 1 aromatic rings. The molecule has 2 fully saturated rings. The van der Waals surface area contributed by atoms with Crippen LogP contribution in [0.3, 0.4) is 0 Å². The summed E-state index contributed by atoms with van der Waals surface area (Å²) in [6, 6.07) is 5.42. The van der Waals surface area contributed by atoms with E-state index in [-0.39, 0.29) is 11.8 Å². The Morgan fingerprint density at radius 2 is 1.96 bits per heavy atom. The van der Waals surface area contributed by atoms with E-state index in [2.05, 4.69) is 10.2 Å². The lowest BCUT2D eigenvalue weighted by Gasteiger charge is -2.34. The minimum atomic E-state index is -0.0643.